The molecule has 1 N–H and O–H groups in total. The summed E-state index contributed by atoms with van der Waals surface area (Å²) in [6.07, 6.45) is 7.48. The van der Waals surface area contributed by atoms with E-state index in [1.807, 2.05) is 6.20 Å². The van der Waals surface area contributed by atoms with E-state index < -0.39 is 0 Å². The smallest absolute Gasteiger partial charge is 0.0683 e. The Labute approximate surface area is 108 Å². The van der Waals surface area contributed by atoms with Crippen LogP contribution >= 0.6 is 0 Å². The number of para-hydroxylation sites is 1. The Kier molecular flexibility index (Phi) is 3.33. The molecule has 1 fully saturated rings. The molecule has 1 aliphatic carbocycles. The second kappa shape index (κ2) is 5.11. The maximum absolute atomic E-state index is 4.53. The first-order chi connectivity index (χ1) is 8.88. The van der Waals surface area contributed by atoms with E-state index >= 15 is 0 Å². The topological polar surface area (TPSA) is 29.9 Å². The van der Waals surface area contributed by atoms with Gasteiger partial charge < -0.3 is 5.32 Å². The molecule has 1 atom stereocenters. The van der Waals surface area contributed by atoms with Gasteiger partial charge in [-0.1, -0.05) is 31.0 Å². The summed E-state index contributed by atoms with van der Waals surface area (Å²) < 4.78 is 2.15. The van der Waals surface area contributed by atoms with Crippen molar-refractivity contribution in [1.29, 1.82) is 0 Å². The molecule has 96 valence electrons. The quantitative estimate of drug-likeness (QED) is 0.895. The van der Waals surface area contributed by atoms with Gasteiger partial charge >= 0.3 is 0 Å². The van der Waals surface area contributed by atoms with Crippen LogP contribution in [0.1, 0.15) is 25.7 Å². The predicted octanol–water partition coefficient (Wildman–Crippen LogP) is 2.81. The third kappa shape index (κ3) is 2.15. The van der Waals surface area contributed by atoms with Crippen molar-refractivity contribution in [1.82, 2.24) is 15.1 Å². The number of benzene rings is 1. The van der Waals surface area contributed by atoms with Crippen molar-refractivity contribution < 1.29 is 0 Å². The van der Waals surface area contributed by atoms with Gasteiger partial charge in [0.05, 0.1) is 18.3 Å². The summed E-state index contributed by atoms with van der Waals surface area (Å²) >= 11 is 0. The number of hydrogen-bond acceptors (Lipinski definition) is 2. The van der Waals surface area contributed by atoms with E-state index in [2.05, 4.69) is 46.4 Å². The number of nitrogens with zero attached hydrogens (tertiary/aromatic N) is 2. The Bertz CT molecular complexity index is 511. The minimum Gasteiger partial charge on any atom is -0.315 e. The van der Waals surface area contributed by atoms with Crippen molar-refractivity contribution in [2.45, 2.75) is 38.3 Å². The van der Waals surface area contributed by atoms with Gasteiger partial charge in [0.2, 0.25) is 0 Å². The molecule has 0 bridgehead atoms. The van der Waals surface area contributed by atoms with Crippen LogP contribution in [-0.4, -0.2) is 22.9 Å². The molecule has 1 heterocycles. The highest BCUT2D eigenvalue weighted by Gasteiger charge is 2.24. The van der Waals surface area contributed by atoms with Crippen molar-refractivity contribution in [3.63, 3.8) is 0 Å². The minimum absolute atomic E-state index is 0.552. The summed E-state index contributed by atoms with van der Waals surface area (Å²) in [5.41, 5.74) is 1.25. The van der Waals surface area contributed by atoms with Crippen LogP contribution in [0.5, 0.6) is 0 Å². The Morgan fingerprint density at radius 2 is 2.11 bits per heavy atom. The number of aromatic nitrogens is 2. The summed E-state index contributed by atoms with van der Waals surface area (Å²) in [7, 11) is 2.08. The van der Waals surface area contributed by atoms with Crippen LogP contribution in [0.2, 0.25) is 0 Å². The molecule has 18 heavy (non-hydrogen) atoms. The van der Waals surface area contributed by atoms with E-state index in [1.165, 1.54) is 36.6 Å². The van der Waals surface area contributed by atoms with Crippen molar-refractivity contribution in [2.75, 3.05) is 7.05 Å². The third-order valence-corrected chi connectivity index (χ3v) is 4.26. The molecule has 2 aromatic rings. The predicted molar refractivity (Wildman–Crippen MR) is 74.5 cm³/mol. The van der Waals surface area contributed by atoms with Gasteiger partial charge in [0.1, 0.15) is 0 Å². The standard InChI is InChI=1S/C15H21N3/c1-16-14(12-6-2-3-7-12)11-18-15-9-5-4-8-13(15)10-17-18/h4-5,8-10,12,14,16H,2-3,6-7,11H2,1H3. The lowest BCUT2D eigenvalue weighted by molar-refractivity contribution is 0.332. The minimum atomic E-state index is 0.552. The lowest BCUT2D eigenvalue weighted by Crippen LogP contribution is -2.36. The average Bonchev–Trinajstić information content (AvgIpc) is 3.06. The maximum Gasteiger partial charge on any atom is 0.0683 e. The Hall–Kier alpha value is -1.35. The molecule has 3 nitrogen and oxygen atoms in total. The van der Waals surface area contributed by atoms with Gasteiger partial charge in [-0.25, -0.2) is 0 Å². The number of rotatable bonds is 4. The van der Waals surface area contributed by atoms with Crippen LogP contribution < -0.4 is 5.32 Å². The second-order valence-electron chi connectivity index (χ2n) is 5.33. The normalized spacial score (nSPS) is 18.5. The Morgan fingerprint density at radius 1 is 1.33 bits per heavy atom. The molecule has 3 heteroatoms. The zero-order valence-corrected chi connectivity index (χ0v) is 11.0. The van der Waals surface area contributed by atoms with Crippen molar-refractivity contribution in [2.24, 2.45) is 5.92 Å². The van der Waals surface area contributed by atoms with Gasteiger partial charge in [0.25, 0.3) is 0 Å². The van der Waals surface area contributed by atoms with E-state index in [4.69, 9.17) is 0 Å². The van der Waals surface area contributed by atoms with E-state index in [1.54, 1.807) is 0 Å². The van der Waals surface area contributed by atoms with Crippen LogP contribution in [0.15, 0.2) is 30.5 Å². The monoisotopic (exact) mass is 243 g/mol. The maximum atomic E-state index is 4.53. The summed E-state index contributed by atoms with van der Waals surface area (Å²) in [6.45, 7) is 0.981. The molecule has 0 radical (unpaired) electrons. The van der Waals surface area contributed by atoms with E-state index in [0.29, 0.717) is 6.04 Å². The molecule has 1 saturated carbocycles. The number of nitrogens with one attached hydrogen (secondary N) is 1. The van der Waals surface area contributed by atoms with Crippen molar-refractivity contribution >= 4 is 10.9 Å². The van der Waals surface area contributed by atoms with Gasteiger partial charge in [-0.15, -0.1) is 0 Å². The molecule has 1 unspecified atom stereocenters. The molecule has 1 aromatic heterocycles. The van der Waals surface area contributed by atoms with Gasteiger partial charge in [0, 0.05) is 11.4 Å². The molecule has 0 saturated heterocycles. The number of fused-ring (bicyclic) bond motifs is 1. The molecule has 1 aliphatic rings. The molecule has 3 rings (SSSR count). The SMILES string of the molecule is CNC(Cn1ncc2ccccc21)C1CCCC1. The zero-order valence-electron chi connectivity index (χ0n) is 11.0. The summed E-state index contributed by atoms with van der Waals surface area (Å²) in [5, 5.41) is 9.25. The molecule has 0 aliphatic heterocycles. The number of likely N-dealkylation sites (N-methyl/N-ethyl adjacent to an activating group) is 1. The summed E-state index contributed by atoms with van der Waals surface area (Å²) in [5.74, 6) is 0.818. The van der Waals surface area contributed by atoms with E-state index in [0.717, 1.165) is 12.5 Å². The first kappa shape index (κ1) is 11.7. The Balaban J connectivity index is 1.81. The Morgan fingerprint density at radius 3 is 2.89 bits per heavy atom. The van der Waals surface area contributed by atoms with Gasteiger partial charge in [0.15, 0.2) is 0 Å². The fourth-order valence-electron chi connectivity index (χ4n) is 3.19. The van der Waals surface area contributed by atoms with Crippen molar-refractivity contribution in [3.8, 4) is 0 Å². The van der Waals surface area contributed by atoms with Crippen LogP contribution in [0, 0.1) is 5.92 Å². The molecule has 1 aromatic carbocycles. The van der Waals surface area contributed by atoms with Crippen LogP contribution in [0.3, 0.4) is 0 Å². The first-order valence-electron chi connectivity index (χ1n) is 6.96. The molecule has 0 spiro atoms. The highest BCUT2D eigenvalue weighted by Crippen LogP contribution is 2.28. The fraction of sp³-hybridized carbons (Fsp3) is 0.533. The molecular weight excluding hydrogens is 222 g/mol. The van der Waals surface area contributed by atoms with Crippen LogP contribution in [-0.2, 0) is 6.54 Å². The number of hydrogen-bond donors (Lipinski definition) is 1. The lowest BCUT2D eigenvalue weighted by atomic mass is 9.98. The average molecular weight is 243 g/mol. The van der Waals surface area contributed by atoms with E-state index in [9.17, 15) is 0 Å². The highest BCUT2D eigenvalue weighted by atomic mass is 15.3. The lowest BCUT2D eigenvalue weighted by Gasteiger charge is -2.23. The third-order valence-electron chi connectivity index (χ3n) is 4.26. The largest absolute Gasteiger partial charge is 0.315 e. The van der Waals surface area contributed by atoms with Crippen LogP contribution in [0.4, 0.5) is 0 Å². The van der Waals surface area contributed by atoms with E-state index in [-0.39, 0.29) is 0 Å². The second-order valence-corrected chi connectivity index (χ2v) is 5.33. The first-order valence-corrected chi connectivity index (χ1v) is 6.96. The highest BCUT2D eigenvalue weighted by molar-refractivity contribution is 5.78. The van der Waals surface area contributed by atoms with Crippen LogP contribution in [0.25, 0.3) is 10.9 Å². The fourth-order valence-corrected chi connectivity index (χ4v) is 3.19. The van der Waals surface area contributed by atoms with Gasteiger partial charge in [-0.2, -0.15) is 5.10 Å². The van der Waals surface area contributed by atoms with Gasteiger partial charge in [-0.3, -0.25) is 4.68 Å². The van der Waals surface area contributed by atoms with Crippen molar-refractivity contribution in [3.05, 3.63) is 30.5 Å². The van der Waals surface area contributed by atoms with Gasteiger partial charge in [-0.05, 0) is 31.9 Å². The molecular formula is C15H21N3. The molecule has 0 amide bonds. The zero-order chi connectivity index (χ0) is 12.4. The summed E-state index contributed by atoms with van der Waals surface area (Å²) in [4.78, 5) is 0. The summed E-state index contributed by atoms with van der Waals surface area (Å²) in [6, 6.07) is 8.99.